The summed E-state index contributed by atoms with van der Waals surface area (Å²) < 4.78 is 5.43. The van der Waals surface area contributed by atoms with Gasteiger partial charge >= 0.3 is 0 Å². The topological polar surface area (TPSA) is 39.2 Å². The molecule has 0 aromatic carbocycles. The molecule has 0 unspecified atom stereocenters. The van der Waals surface area contributed by atoms with Crippen molar-refractivity contribution in [1.82, 2.24) is 4.98 Å². The molecule has 0 atom stereocenters. The lowest BCUT2D eigenvalue weighted by atomic mass is 10.1. The van der Waals surface area contributed by atoms with Gasteiger partial charge in [-0.3, -0.25) is 9.78 Å². The molecule has 0 saturated carbocycles. The molecule has 3 nitrogen and oxygen atoms in total. The van der Waals surface area contributed by atoms with E-state index in [0.29, 0.717) is 6.42 Å². The van der Waals surface area contributed by atoms with Crippen molar-refractivity contribution in [2.75, 3.05) is 6.61 Å². The van der Waals surface area contributed by atoms with E-state index < -0.39 is 0 Å². The van der Waals surface area contributed by atoms with E-state index in [-0.39, 0.29) is 18.0 Å². The maximum absolute atomic E-state index is 11.6. The van der Waals surface area contributed by atoms with Crippen LogP contribution in [-0.2, 0) is 22.4 Å². The van der Waals surface area contributed by atoms with E-state index in [1.807, 2.05) is 39.1 Å². The fourth-order valence-electron chi connectivity index (χ4n) is 1.32. The summed E-state index contributed by atoms with van der Waals surface area (Å²) in [6.07, 6.45) is 3.14. The highest BCUT2D eigenvalue weighted by atomic mass is 16.5. The van der Waals surface area contributed by atoms with Crippen LogP contribution in [0.3, 0.4) is 0 Å². The molecule has 0 aliphatic heterocycles. The Labute approximate surface area is 103 Å². The number of nitrogens with zero attached hydrogens (tertiary/aromatic N) is 1. The molecule has 17 heavy (non-hydrogen) atoms. The van der Waals surface area contributed by atoms with Gasteiger partial charge in [-0.05, 0) is 38.8 Å². The van der Waals surface area contributed by atoms with E-state index >= 15 is 0 Å². The molecule has 1 aromatic heterocycles. The molecule has 3 heteroatoms. The average molecular weight is 235 g/mol. The van der Waals surface area contributed by atoms with E-state index in [1.54, 1.807) is 0 Å². The Morgan fingerprint density at radius 3 is 2.53 bits per heavy atom. The third kappa shape index (κ3) is 5.59. The van der Waals surface area contributed by atoms with E-state index in [1.165, 1.54) is 5.56 Å². The normalized spacial score (nSPS) is 11.5. The summed E-state index contributed by atoms with van der Waals surface area (Å²) in [5.74, 6) is 0.0664. The van der Waals surface area contributed by atoms with Crippen LogP contribution >= 0.6 is 0 Å². The summed E-state index contributed by atoms with van der Waals surface area (Å²) in [5, 5.41) is 0. The number of carbonyl (C=O) groups excluding carboxylic acids is 1. The molecule has 0 radical (unpaired) electrons. The Kier molecular flexibility index (Phi) is 4.82. The first-order valence-electron chi connectivity index (χ1n) is 6.00. The van der Waals surface area contributed by atoms with Gasteiger partial charge in [-0.15, -0.1) is 0 Å². The Hall–Kier alpha value is -1.22. The highest BCUT2D eigenvalue weighted by Gasteiger charge is 2.13. The first-order valence-corrected chi connectivity index (χ1v) is 6.00. The summed E-state index contributed by atoms with van der Waals surface area (Å²) in [5.41, 5.74) is 1.73. The maximum atomic E-state index is 11.6. The molecule has 0 saturated heterocycles. The standard InChI is InChI=1S/C14H21NO2/c1-5-11-6-7-12(15-9-11)8-13(16)10-17-14(2,3)4/h6-7,9H,5,8,10H2,1-4H3. The Bertz CT molecular complexity index is 363. The minimum absolute atomic E-state index is 0.0664. The average Bonchev–Trinajstić information content (AvgIpc) is 2.27. The SMILES string of the molecule is CCc1ccc(CC(=O)COC(C)(C)C)nc1. The summed E-state index contributed by atoms with van der Waals surface area (Å²) in [6.45, 7) is 8.05. The van der Waals surface area contributed by atoms with Gasteiger partial charge in [0.25, 0.3) is 0 Å². The number of carbonyl (C=O) groups is 1. The predicted molar refractivity (Wildman–Crippen MR) is 68.0 cm³/mol. The summed E-state index contributed by atoms with van der Waals surface area (Å²) in [7, 11) is 0. The maximum Gasteiger partial charge on any atom is 0.164 e. The molecule has 1 heterocycles. The van der Waals surface area contributed by atoms with Crippen LogP contribution in [0.1, 0.15) is 39.0 Å². The number of Topliss-reactive ketones (excluding diaryl/α,β-unsaturated/α-hetero) is 1. The minimum atomic E-state index is -0.269. The van der Waals surface area contributed by atoms with E-state index in [4.69, 9.17) is 4.74 Å². The van der Waals surface area contributed by atoms with Crippen molar-refractivity contribution in [3.63, 3.8) is 0 Å². The van der Waals surface area contributed by atoms with Crippen molar-refractivity contribution in [2.24, 2.45) is 0 Å². The van der Waals surface area contributed by atoms with Crippen molar-refractivity contribution in [1.29, 1.82) is 0 Å². The van der Waals surface area contributed by atoms with Crippen LogP contribution in [0.5, 0.6) is 0 Å². The molecular weight excluding hydrogens is 214 g/mol. The van der Waals surface area contributed by atoms with Crippen LogP contribution in [0, 0.1) is 0 Å². The Balaban J connectivity index is 2.45. The third-order valence-corrected chi connectivity index (χ3v) is 2.34. The molecule has 0 amide bonds. The van der Waals surface area contributed by atoms with Crippen LogP contribution in [0.2, 0.25) is 0 Å². The number of aryl methyl sites for hydroxylation is 1. The molecule has 1 rings (SSSR count). The number of pyridine rings is 1. The van der Waals surface area contributed by atoms with Gasteiger partial charge in [-0.2, -0.15) is 0 Å². The molecule has 0 spiro atoms. The summed E-state index contributed by atoms with van der Waals surface area (Å²) in [4.78, 5) is 15.9. The van der Waals surface area contributed by atoms with Crippen LogP contribution in [0.15, 0.2) is 18.3 Å². The lowest BCUT2D eigenvalue weighted by Gasteiger charge is -2.18. The largest absolute Gasteiger partial charge is 0.368 e. The van der Waals surface area contributed by atoms with Gasteiger partial charge < -0.3 is 4.74 Å². The zero-order valence-electron chi connectivity index (χ0n) is 11.1. The second-order valence-electron chi connectivity index (χ2n) is 5.13. The molecule has 0 fully saturated rings. The van der Waals surface area contributed by atoms with Gasteiger partial charge in [0.05, 0.1) is 12.0 Å². The summed E-state index contributed by atoms with van der Waals surface area (Å²) >= 11 is 0. The van der Waals surface area contributed by atoms with Gasteiger partial charge in [0, 0.05) is 11.9 Å². The van der Waals surface area contributed by atoms with Gasteiger partial charge in [-0.1, -0.05) is 13.0 Å². The number of hydrogen-bond acceptors (Lipinski definition) is 3. The molecule has 94 valence electrons. The van der Waals surface area contributed by atoms with Crippen LogP contribution in [-0.4, -0.2) is 23.0 Å². The molecule has 0 bridgehead atoms. The van der Waals surface area contributed by atoms with E-state index in [2.05, 4.69) is 11.9 Å². The molecule has 0 aliphatic carbocycles. The van der Waals surface area contributed by atoms with E-state index in [0.717, 1.165) is 12.1 Å². The number of aromatic nitrogens is 1. The quantitative estimate of drug-likeness (QED) is 0.787. The second-order valence-corrected chi connectivity index (χ2v) is 5.13. The van der Waals surface area contributed by atoms with Crippen molar-refractivity contribution in [3.8, 4) is 0 Å². The van der Waals surface area contributed by atoms with Crippen molar-refractivity contribution in [2.45, 2.75) is 46.1 Å². The fourth-order valence-corrected chi connectivity index (χ4v) is 1.32. The van der Waals surface area contributed by atoms with Gasteiger partial charge in [-0.25, -0.2) is 0 Å². The second kappa shape index (κ2) is 5.92. The molecule has 0 N–H and O–H groups in total. The lowest BCUT2D eigenvalue weighted by Crippen LogP contribution is -2.24. The predicted octanol–water partition coefficient (Wildman–Crippen LogP) is 2.57. The lowest BCUT2D eigenvalue weighted by molar-refractivity contribution is -0.127. The zero-order chi connectivity index (χ0) is 12.9. The highest BCUT2D eigenvalue weighted by molar-refractivity contribution is 5.81. The first-order chi connectivity index (χ1) is 7.90. The highest BCUT2D eigenvalue weighted by Crippen LogP contribution is 2.07. The number of hydrogen-bond donors (Lipinski definition) is 0. The fraction of sp³-hybridized carbons (Fsp3) is 0.571. The van der Waals surface area contributed by atoms with Crippen molar-refractivity contribution in [3.05, 3.63) is 29.6 Å². The van der Waals surface area contributed by atoms with E-state index in [9.17, 15) is 4.79 Å². The van der Waals surface area contributed by atoms with Crippen molar-refractivity contribution >= 4 is 5.78 Å². The molecule has 0 aliphatic rings. The van der Waals surface area contributed by atoms with Gasteiger partial charge in [0.2, 0.25) is 0 Å². The molecule has 1 aromatic rings. The van der Waals surface area contributed by atoms with Crippen LogP contribution < -0.4 is 0 Å². The number of rotatable bonds is 5. The van der Waals surface area contributed by atoms with Crippen LogP contribution in [0.25, 0.3) is 0 Å². The van der Waals surface area contributed by atoms with Crippen molar-refractivity contribution < 1.29 is 9.53 Å². The molecular formula is C14H21NO2. The Morgan fingerprint density at radius 1 is 1.35 bits per heavy atom. The zero-order valence-corrected chi connectivity index (χ0v) is 11.1. The minimum Gasteiger partial charge on any atom is -0.368 e. The van der Waals surface area contributed by atoms with Gasteiger partial charge in [0.15, 0.2) is 5.78 Å². The summed E-state index contributed by atoms with van der Waals surface area (Å²) in [6, 6.07) is 3.92. The van der Waals surface area contributed by atoms with Gasteiger partial charge in [0.1, 0.15) is 6.61 Å². The number of ketones is 1. The smallest absolute Gasteiger partial charge is 0.164 e. The third-order valence-electron chi connectivity index (χ3n) is 2.34. The Morgan fingerprint density at radius 2 is 2.06 bits per heavy atom. The van der Waals surface area contributed by atoms with Crippen LogP contribution in [0.4, 0.5) is 0 Å². The number of ether oxygens (including phenoxy) is 1. The first kappa shape index (κ1) is 13.8. The monoisotopic (exact) mass is 235 g/mol.